The number of quaternary nitrogens is 2. The Labute approximate surface area is 100.0 Å². The van der Waals surface area contributed by atoms with E-state index in [0.717, 1.165) is 22.1 Å². The van der Waals surface area contributed by atoms with Crippen molar-refractivity contribution in [3.63, 3.8) is 0 Å². The van der Waals surface area contributed by atoms with Crippen molar-refractivity contribution in [2.45, 2.75) is 6.92 Å². The first-order valence-corrected chi connectivity index (χ1v) is 5.79. The van der Waals surface area contributed by atoms with Crippen LogP contribution in [0.15, 0.2) is 0 Å². The van der Waals surface area contributed by atoms with Crippen LogP contribution in [-0.4, -0.2) is 76.9 Å². The van der Waals surface area contributed by atoms with Gasteiger partial charge in [0.2, 0.25) is 0 Å². The molecule has 0 saturated heterocycles. The third-order valence-corrected chi connectivity index (χ3v) is 2.23. The molecule has 0 rings (SSSR count). The van der Waals surface area contributed by atoms with Crippen molar-refractivity contribution in [3.05, 3.63) is 0 Å². The van der Waals surface area contributed by atoms with Gasteiger partial charge in [-0.2, -0.15) is 0 Å². The van der Waals surface area contributed by atoms with E-state index in [1.165, 1.54) is 0 Å². The Balaban J connectivity index is 3.90. The Bertz CT molecular complexity index is 226. The van der Waals surface area contributed by atoms with Gasteiger partial charge in [-0.05, 0) is 6.92 Å². The SMILES string of the molecule is CC(C[N+](C)(C)C)C(=O)OCC[N+](C)(C)C. The topological polar surface area (TPSA) is 26.3 Å². The van der Waals surface area contributed by atoms with Crippen LogP contribution in [0.1, 0.15) is 6.92 Å². The molecule has 1 atom stereocenters. The predicted octanol–water partition coefficient (Wildman–Crippen LogP) is 0.578. The van der Waals surface area contributed by atoms with Gasteiger partial charge < -0.3 is 13.7 Å². The molecule has 4 nitrogen and oxygen atoms in total. The highest BCUT2D eigenvalue weighted by Gasteiger charge is 2.22. The fourth-order valence-corrected chi connectivity index (χ4v) is 1.46. The van der Waals surface area contributed by atoms with E-state index in [-0.39, 0.29) is 11.9 Å². The van der Waals surface area contributed by atoms with E-state index < -0.39 is 0 Å². The van der Waals surface area contributed by atoms with Crippen LogP contribution >= 0.6 is 0 Å². The molecule has 0 fully saturated rings. The zero-order valence-corrected chi connectivity index (χ0v) is 11.9. The minimum Gasteiger partial charge on any atom is -0.459 e. The molecule has 0 bridgehead atoms. The number of carbonyl (C=O) groups excluding carboxylic acids is 1. The number of hydrogen-bond donors (Lipinski definition) is 0. The summed E-state index contributed by atoms with van der Waals surface area (Å²) in [4.78, 5) is 11.7. The minimum atomic E-state index is -0.0819. The first-order chi connectivity index (χ1) is 7.01. The van der Waals surface area contributed by atoms with Gasteiger partial charge in [-0.15, -0.1) is 0 Å². The molecule has 0 aliphatic carbocycles. The van der Waals surface area contributed by atoms with Crippen LogP contribution in [0.3, 0.4) is 0 Å². The number of nitrogens with zero attached hydrogens (tertiary/aromatic N) is 2. The zero-order chi connectivity index (χ0) is 13.0. The largest absolute Gasteiger partial charge is 0.459 e. The molecule has 0 aliphatic heterocycles. The third-order valence-electron chi connectivity index (χ3n) is 2.23. The molecular weight excluding hydrogens is 204 g/mol. The maximum absolute atomic E-state index is 11.7. The number of rotatable bonds is 6. The number of esters is 1. The van der Waals surface area contributed by atoms with Crippen LogP contribution in [0, 0.1) is 5.92 Å². The lowest BCUT2D eigenvalue weighted by atomic mass is 10.1. The van der Waals surface area contributed by atoms with Gasteiger partial charge in [0.05, 0.1) is 48.8 Å². The van der Waals surface area contributed by atoms with Crippen molar-refractivity contribution in [1.29, 1.82) is 0 Å². The van der Waals surface area contributed by atoms with Crippen LogP contribution < -0.4 is 0 Å². The molecule has 0 N–H and O–H groups in total. The van der Waals surface area contributed by atoms with Crippen LogP contribution in [0.5, 0.6) is 0 Å². The Kier molecular flexibility index (Phi) is 5.42. The average Bonchev–Trinajstić information content (AvgIpc) is 1.98. The Morgan fingerprint density at radius 2 is 1.56 bits per heavy atom. The molecule has 0 radical (unpaired) electrons. The van der Waals surface area contributed by atoms with E-state index in [9.17, 15) is 4.79 Å². The molecule has 0 saturated carbocycles. The fraction of sp³-hybridized carbons (Fsp3) is 0.917. The molecule has 96 valence electrons. The van der Waals surface area contributed by atoms with Gasteiger partial charge in [0.25, 0.3) is 0 Å². The van der Waals surface area contributed by atoms with Crippen molar-refractivity contribution in [2.24, 2.45) is 5.92 Å². The van der Waals surface area contributed by atoms with Gasteiger partial charge in [0, 0.05) is 0 Å². The summed E-state index contributed by atoms with van der Waals surface area (Å²) in [7, 11) is 12.5. The smallest absolute Gasteiger partial charge is 0.314 e. The second-order valence-corrected chi connectivity index (χ2v) is 6.56. The Morgan fingerprint density at radius 3 is 1.94 bits per heavy atom. The normalized spacial score (nSPS) is 14.7. The summed E-state index contributed by atoms with van der Waals surface area (Å²) < 4.78 is 6.86. The first kappa shape index (κ1) is 15.4. The summed E-state index contributed by atoms with van der Waals surface area (Å²) in [5.74, 6) is -0.117. The monoisotopic (exact) mass is 232 g/mol. The van der Waals surface area contributed by atoms with Crippen LogP contribution in [-0.2, 0) is 9.53 Å². The van der Waals surface area contributed by atoms with Crippen molar-refractivity contribution in [1.82, 2.24) is 0 Å². The summed E-state index contributed by atoms with van der Waals surface area (Å²) in [6, 6.07) is 0. The second-order valence-electron chi connectivity index (χ2n) is 6.56. The molecule has 0 aromatic rings. The molecule has 0 aromatic heterocycles. The maximum atomic E-state index is 11.7. The molecule has 16 heavy (non-hydrogen) atoms. The molecule has 0 heterocycles. The zero-order valence-electron chi connectivity index (χ0n) is 11.9. The number of carbonyl (C=O) groups is 1. The first-order valence-electron chi connectivity index (χ1n) is 5.79. The maximum Gasteiger partial charge on any atom is 0.314 e. The highest BCUT2D eigenvalue weighted by Crippen LogP contribution is 2.05. The van der Waals surface area contributed by atoms with Crippen molar-refractivity contribution in [2.75, 3.05) is 62.0 Å². The van der Waals surface area contributed by atoms with Crippen LogP contribution in [0.2, 0.25) is 0 Å². The minimum absolute atomic E-state index is 0.0348. The Morgan fingerprint density at radius 1 is 1.06 bits per heavy atom. The fourth-order valence-electron chi connectivity index (χ4n) is 1.46. The molecule has 0 aliphatic rings. The van der Waals surface area contributed by atoms with E-state index in [1.54, 1.807) is 0 Å². The molecule has 1 unspecified atom stereocenters. The van der Waals surface area contributed by atoms with E-state index in [0.29, 0.717) is 6.61 Å². The van der Waals surface area contributed by atoms with Gasteiger partial charge in [0.1, 0.15) is 19.1 Å². The molecule has 0 amide bonds. The lowest BCUT2D eigenvalue weighted by molar-refractivity contribution is -0.872. The summed E-state index contributed by atoms with van der Waals surface area (Å²) in [5.41, 5.74) is 0. The lowest BCUT2D eigenvalue weighted by Gasteiger charge is -2.27. The van der Waals surface area contributed by atoms with Crippen LogP contribution in [0.25, 0.3) is 0 Å². The van der Waals surface area contributed by atoms with Gasteiger partial charge >= 0.3 is 5.97 Å². The molecular formula is C12H28N2O2+2. The third kappa shape index (κ3) is 8.68. The van der Waals surface area contributed by atoms with Gasteiger partial charge in [0.15, 0.2) is 0 Å². The van der Waals surface area contributed by atoms with Gasteiger partial charge in [-0.25, -0.2) is 0 Å². The standard InChI is InChI=1S/C12H28N2O2/c1-11(10-14(5,6)7)12(15)16-9-8-13(2,3)4/h11H,8-10H2,1-7H3/q+2. The molecule has 4 heteroatoms. The van der Waals surface area contributed by atoms with Crippen molar-refractivity contribution in [3.8, 4) is 0 Å². The molecule has 0 aromatic carbocycles. The average molecular weight is 232 g/mol. The molecule has 0 spiro atoms. The summed E-state index contributed by atoms with van der Waals surface area (Å²) in [6.45, 7) is 4.09. The Hall–Kier alpha value is -0.610. The lowest BCUT2D eigenvalue weighted by Crippen LogP contribution is -2.42. The quantitative estimate of drug-likeness (QED) is 0.494. The highest BCUT2D eigenvalue weighted by atomic mass is 16.5. The summed E-state index contributed by atoms with van der Waals surface area (Å²) in [6.07, 6.45) is 0. The van der Waals surface area contributed by atoms with Gasteiger partial charge in [-0.1, -0.05) is 0 Å². The van der Waals surface area contributed by atoms with Gasteiger partial charge in [-0.3, -0.25) is 4.79 Å². The van der Waals surface area contributed by atoms with E-state index in [4.69, 9.17) is 4.74 Å². The number of hydrogen-bond acceptors (Lipinski definition) is 2. The highest BCUT2D eigenvalue weighted by molar-refractivity contribution is 5.72. The van der Waals surface area contributed by atoms with E-state index in [2.05, 4.69) is 42.3 Å². The van der Waals surface area contributed by atoms with Crippen LogP contribution in [0.4, 0.5) is 0 Å². The number of likely N-dealkylation sites (N-methyl/N-ethyl adjacent to an activating group) is 1. The predicted molar refractivity (Wildman–Crippen MR) is 65.9 cm³/mol. The number of ether oxygens (including phenoxy) is 1. The summed E-state index contributed by atoms with van der Waals surface area (Å²) >= 11 is 0. The van der Waals surface area contributed by atoms with E-state index in [1.807, 2.05) is 6.92 Å². The van der Waals surface area contributed by atoms with Crippen molar-refractivity contribution < 1.29 is 18.5 Å². The van der Waals surface area contributed by atoms with E-state index >= 15 is 0 Å². The second kappa shape index (κ2) is 5.64. The summed E-state index contributed by atoms with van der Waals surface area (Å²) in [5, 5.41) is 0. The van der Waals surface area contributed by atoms with Crippen molar-refractivity contribution >= 4 is 5.97 Å².